The van der Waals surface area contributed by atoms with Crippen LogP contribution in [0.4, 0.5) is 0 Å². The van der Waals surface area contributed by atoms with Gasteiger partial charge in [0, 0.05) is 41.5 Å². The molecule has 0 saturated heterocycles. The number of amides is 1. The Morgan fingerprint density at radius 1 is 1.18 bits per heavy atom. The molecule has 0 spiro atoms. The van der Waals surface area contributed by atoms with Crippen molar-refractivity contribution in [3.63, 3.8) is 0 Å². The monoisotopic (exact) mass is 659 g/mol. The van der Waals surface area contributed by atoms with Gasteiger partial charge in [0.05, 0.1) is 12.7 Å². The molecule has 0 aromatic heterocycles. The lowest BCUT2D eigenvalue weighted by Crippen LogP contribution is -2.49. The molecule has 4 rings (SSSR count). The predicted molar refractivity (Wildman–Crippen MR) is 188 cm³/mol. The number of methoxy groups -OCH3 is 1. The summed E-state index contributed by atoms with van der Waals surface area (Å²) < 4.78 is 26.9. The fourth-order valence-corrected chi connectivity index (χ4v) is 7.22. The molecule has 45 heavy (non-hydrogen) atoms. The van der Waals surface area contributed by atoms with E-state index < -0.39 is 11.0 Å². The van der Waals surface area contributed by atoms with Gasteiger partial charge in [-0.1, -0.05) is 36.7 Å². The number of rotatable bonds is 14. The number of ether oxygens (including phenoxy) is 2. The molecular formula is C36H54ClN3O4S. The molecule has 250 valence electrons. The zero-order valence-corrected chi connectivity index (χ0v) is 29.8. The standard InChI is InChI=1S/C34H47ClN2O4S.C2H7N/c1-6-7-10-32(40-5)30-17-13-27(30)21-37(4)22-34(19-8-9-26-20-28(35)14-18-31(26)34)23-41-29-15-11-25(12-16-29)33(38)36-42(39)24(2)3;1-3-2/h7,10-12,14-16,18,20,24,27,30,32H,6,8-9,13,17,19,21-23H2,1-5H3,(H,36,38);3H,1-2H3/b10-7+;/t27?,30?,32?,34-,42?;/m0./s1. The molecule has 4 unspecified atom stereocenters. The number of nitrogens with zero attached hydrogens (tertiary/aromatic N) is 1. The van der Waals surface area contributed by atoms with Gasteiger partial charge in [-0.25, -0.2) is 4.21 Å². The lowest BCUT2D eigenvalue weighted by molar-refractivity contribution is -0.00439. The van der Waals surface area contributed by atoms with Crippen LogP contribution >= 0.6 is 11.6 Å². The van der Waals surface area contributed by atoms with Crippen molar-refractivity contribution in [2.75, 3.05) is 47.9 Å². The first-order chi connectivity index (χ1) is 21.6. The third kappa shape index (κ3) is 10.4. The number of allylic oxidation sites excluding steroid dienone is 1. The van der Waals surface area contributed by atoms with E-state index in [0.29, 0.717) is 29.8 Å². The molecule has 0 radical (unpaired) electrons. The summed E-state index contributed by atoms with van der Waals surface area (Å²) in [4.78, 5) is 15.0. The van der Waals surface area contributed by atoms with E-state index >= 15 is 0 Å². The Morgan fingerprint density at radius 2 is 1.89 bits per heavy atom. The first-order valence-electron chi connectivity index (χ1n) is 16.3. The summed E-state index contributed by atoms with van der Waals surface area (Å²) in [6, 6.07) is 13.4. The van der Waals surface area contributed by atoms with Crippen LogP contribution in [0.1, 0.15) is 74.4 Å². The van der Waals surface area contributed by atoms with Gasteiger partial charge in [-0.2, -0.15) is 0 Å². The van der Waals surface area contributed by atoms with E-state index in [-0.39, 0.29) is 22.7 Å². The largest absolute Gasteiger partial charge is 0.493 e. The lowest BCUT2D eigenvalue weighted by Gasteiger charge is -2.45. The summed E-state index contributed by atoms with van der Waals surface area (Å²) in [5.41, 5.74) is 2.91. The number of aryl methyl sites for hydroxylation is 1. The van der Waals surface area contributed by atoms with Crippen LogP contribution in [0.2, 0.25) is 5.02 Å². The van der Waals surface area contributed by atoms with Crippen molar-refractivity contribution < 1.29 is 18.5 Å². The molecule has 2 aromatic rings. The zero-order valence-electron chi connectivity index (χ0n) is 28.2. The molecule has 0 bridgehead atoms. The third-order valence-electron chi connectivity index (χ3n) is 8.84. The highest BCUT2D eigenvalue weighted by Crippen LogP contribution is 2.42. The molecular weight excluding hydrogens is 606 g/mol. The van der Waals surface area contributed by atoms with Crippen LogP contribution in [-0.4, -0.2) is 74.3 Å². The zero-order chi connectivity index (χ0) is 33.0. The van der Waals surface area contributed by atoms with Crippen molar-refractivity contribution in [3.8, 4) is 5.75 Å². The summed E-state index contributed by atoms with van der Waals surface area (Å²) in [7, 11) is 6.40. The Morgan fingerprint density at radius 3 is 2.49 bits per heavy atom. The molecule has 2 N–H and O–H groups in total. The average molecular weight is 660 g/mol. The minimum Gasteiger partial charge on any atom is -0.493 e. The molecule has 9 heteroatoms. The number of carbonyl (C=O) groups excluding carboxylic acids is 1. The summed E-state index contributed by atoms with van der Waals surface area (Å²) in [5, 5.41) is 3.38. The maximum Gasteiger partial charge on any atom is 0.262 e. The number of nitrogens with one attached hydrogen (secondary N) is 2. The number of likely N-dealkylation sites (N-methyl/N-ethyl adjacent to an activating group) is 1. The molecule has 7 nitrogen and oxygen atoms in total. The van der Waals surface area contributed by atoms with E-state index in [9.17, 15) is 9.00 Å². The smallest absolute Gasteiger partial charge is 0.262 e. The van der Waals surface area contributed by atoms with Crippen LogP contribution in [0, 0.1) is 11.8 Å². The van der Waals surface area contributed by atoms with Gasteiger partial charge in [-0.15, -0.1) is 0 Å². The molecule has 1 amide bonds. The highest BCUT2D eigenvalue weighted by Gasteiger charge is 2.41. The maximum atomic E-state index is 12.5. The molecule has 1 fully saturated rings. The Balaban J connectivity index is 0.00000177. The molecule has 2 aliphatic rings. The van der Waals surface area contributed by atoms with Gasteiger partial charge in [0.1, 0.15) is 16.7 Å². The quantitative estimate of drug-likeness (QED) is 0.224. The summed E-state index contributed by atoms with van der Waals surface area (Å²) in [6.45, 7) is 8.22. The van der Waals surface area contributed by atoms with Crippen LogP contribution in [0.25, 0.3) is 0 Å². The van der Waals surface area contributed by atoms with Crippen LogP contribution < -0.4 is 14.8 Å². The van der Waals surface area contributed by atoms with Gasteiger partial charge in [0.2, 0.25) is 0 Å². The first kappa shape index (κ1) is 37.2. The second-order valence-electron chi connectivity index (χ2n) is 12.8. The summed E-state index contributed by atoms with van der Waals surface area (Å²) in [5.74, 6) is 1.53. The Kier molecular flexibility index (Phi) is 15.1. The molecule has 0 heterocycles. The van der Waals surface area contributed by atoms with E-state index in [1.807, 2.05) is 53.3 Å². The lowest BCUT2D eigenvalue weighted by atomic mass is 9.68. The van der Waals surface area contributed by atoms with Crippen LogP contribution in [-0.2, 0) is 27.6 Å². The summed E-state index contributed by atoms with van der Waals surface area (Å²) >= 11 is 6.42. The minimum atomic E-state index is -1.41. The molecule has 5 atom stereocenters. The van der Waals surface area contributed by atoms with Gasteiger partial charge in [-0.3, -0.25) is 9.52 Å². The van der Waals surface area contributed by atoms with Crippen LogP contribution in [0.5, 0.6) is 5.75 Å². The highest BCUT2D eigenvalue weighted by molar-refractivity contribution is 7.84. The Hall–Kier alpha value is -2.23. The number of carbonyl (C=O) groups is 1. The second kappa shape index (κ2) is 18.2. The number of halogens is 1. The van der Waals surface area contributed by atoms with E-state index in [1.54, 1.807) is 12.1 Å². The molecule has 2 aromatic carbocycles. The predicted octanol–water partition coefficient (Wildman–Crippen LogP) is 6.57. The molecule has 0 aliphatic heterocycles. The fraction of sp³-hybridized carbons (Fsp3) is 0.583. The first-order valence-corrected chi connectivity index (χ1v) is 17.9. The van der Waals surface area contributed by atoms with Crippen molar-refractivity contribution in [1.29, 1.82) is 0 Å². The average Bonchev–Trinajstić information content (AvgIpc) is 3.00. The van der Waals surface area contributed by atoms with E-state index in [0.717, 1.165) is 43.8 Å². The number of hydrogen-bond donors (Lipinski definition) is 2. The van der Waals surface area contributed by atoms with Gasteiger partial charge in [0.25, 0.3) is 5.91 Å². The fourth-order valence-electron chi connectivity index (χ4n) is 6.49. The van der Waals surface area contributed by atoms with Crippen LogP contribution in [0.3, 0.4) is 0 Å². The van der Waals surface area contributed by atoms with Crippen molar-refractivity contribution >= 4 is 28.5 Å². The SMILES string of the molecule is CC/C=C/C(OC)C1CCC1CN(C)C[C@]1(COc2ccc(C(=O)NS(=O)C(C)C)cc2)CCCc2cc(Cl)ccc21.CNC. The van der Waals surface area contributed by atoms with Gasteiger partial charge < -0.3 is 19.7 Å². The van der Waals surface area contributed by atoms with Crippen molar-refractivity contribution in [2.24, 2.45) is 11.8 Å². The third-order valence-corrected chi connectivity index (χ3v) is 10.3. The van der Waals surface area contributed by atoms with Gasteiger partial charge in [-0.05, 0) is 133 Å². The van der Waals surface area contributed by atoms with Gasteiger partial charge >= 0.3 is 0 Å². The summed E-state index contributed by atoms with van der Waals surface area (Å²) in [6.07, 6.45) is 11.2. The van der Waals surface area contributed by atoms with Crippen molar-refractivity contribution in [2.45, 2.75) is 76.1 Å². The van der Waals surface area contributed by atoms with E-state index in [2.05, 4.69) is 53.2 Å². The Labute approximate surface area is 279 Å². The molecule has 1 saturated carbocycles. The molecule has 2 aliphatic carbocycles. The number of benzene rings is 2. The van der Waals surface area contributed by atoms with Crippen LogP contribution in [0.15, 0.2) is 54.6 Å². The van der Waals surface area contributed by atoms with Crippen molar-refractivity contribution in [3.05, 3.63) is 76.3 Å². The topological polar surface area (TPSA) is 79.9 Å². The minimum absolute atomic E-state index is 0.145. The van der Waals surface area contributed by atoms with E-state index in [4.69, 9.17) is 21.1 Å². The van der Waals surface area contributed by atoms with E-state index in [1.165, 1.54) is 24.0 Å². The normalized spacial score (nSPS) is 22.3. The highest BCUT2D eigenvalue weighted by atomic mass is 35.5. The van der Waals surface area contributed by atoms with Crippen molar-refractivity contribution in [1.82, 2.24) is 14.9 Å². The number of fused-ring (bicyclic) bond motifs is 1. The number of hydrogen-bond acceptors (Lipinski definition) is 6. The Bertz CT molecular complexity index is 1270. The second-order valence-corrected chi connectivity index (χ2v) is 14.9. The van der Waals surface area contributed by atoms with Gasteiger partial charge in [0.15, 0.2) is 0 Å². The maximum absolute atomic E-state index is 12.5.